The third-order valence-corrected chi connectivity index (χ3v) is 5.87. The van der Waals surface area contributed by atoms with Crippen molar-refractivity contribution < 1.29 is 4.74 Å². The summed E-state index contributed by atoms with van der Waals surface area (Å²) in [5, 5.41) is 0. The first-order valence-electron chi connectivity index (χ1n) is 9.99. The van der Waals surface area contributed by atoms with Crippen molar-refractivity contribution in [2.75, 3.05) is 7.11 Å². The summed E-state index contributed by atoms with van der Waals surface area (Å²) in [7, 11) is 1.68. The maximum Gasteiger partial charge on any atom is 0.248 e. The summed E-state index contributed by atoms with van der Waals surface area (Å²) in [6, 6.07) is 11.5. The molecule has 148 valence electrons. The molecule has 0 radical (unpaired) electrons. The summed E-state index contributed by atoms with van der Waals surface area (Å²) in [4.78, 5) is 20.1. The van der Waals surface area contributed by atoms with E-state index in [9.17, 15) is 4.79 Å². The number of aromatic amines is 1. The van der Waals surface area contributed by atoms with Gasteiger partial charge in [0.1, 0.15) is 11.3 Å². The molecule has 4 heteroatoms. The molecule has 1 aromatic carbocycles. The van der Waals surface area contributed by atoms with Crippen LogP contribution in [0.25, 0.3) is 6.08 Å². The predicted molar refractivity (Wildman–Crippen MR) is 119 cm³/mol. The van der Waals surface area contributed by atoms with Crippen molar-refractivity contribution in [1.82, 2.24) is 4.98 Å². The van der Waals surface area contributed by atoms with Crippen LogP contribution in [0.15, 0.2) is 75.6 Å². The molecule has 0 fully saturated rings. The van der Waals surface area contributed by atoms with E-state index < -0.39 is 5.54 Å². The standard InChI is InChI=1S/C25H26N2O2/c1-4-20-19-14-17(2)16-25(20,21-11-12-24(28)27-22(21)15-19)26-13-7-9-18-8-5-6-10-23(18)29-3/h4-14,19H,15-16H2,1-3H3,(H,27,28)/b9-7?,20-4+,26-13?/t19-,25+/m0/s1. The topological polar surface area (TPSA) is 54.4 Å². The van der Waals surface area contributed by atoms with Crippen LogP contribution < -0.4 is 10.3 Å². The number of ether oxygens (including phenoxy) is 1. The minimum atomic E-state index is -0.457. The smallest absolute Gasteiger partial charge is 0.248 e. The fourth-order valence-electron chi connectivity index (χ4n) is 4.77. The molecule has 1 N–H and O–H groups in total. The van der Waals surface area contributed by atoms with Crippen LogP contribution >= 0.6 is 0 Å². The van der Waals surface area contributed by atoms with Crippen molar-refractivity contribution in [3.05, 3.63) is 92.9 Å². The fourth-order valence-corrected chi connectivity index (χ4v) is 4.77. The first kappa shape index (κ1) is 19.2. The molecule has 0 unspecified atom stereocenters. The van der Waals surface area contributed by atoms with Gasteiger partial charge in [-0.05, 0) is 50.1 Å². The Morgan fingerprint density at radius 3 is 2.86 bits per heavy atom. The van der Waals surface area contributed by atoms with Crippen LogP contribution in [0, 0.1) is 5.92 Å². The molecule has 0 aliphatic heterocycles. The lowest BCUT2D eigenvalue weighted by atomic mass is 9.63. The van der Waals surface area contributed by atoms with Gasteiger partial charge in [0.15, 0.2) is 0 Å². The zero-order chi connectivity index (χ0) is 20.4. The number of methoxy groups -OCH3 is 1. The van der Waals surface area contributed by atoms with Crippen molar-refractivity contribution in [3.8, 4) is 5.75 Å². The van der Waals surface area contributed by atoms with Crippen LogP contribution in [-0.4, -0.2) is 18.3 Å². The summed E-state index contributed by atoms with van der Waals surface area (Å²) in [5.74, 6) is 1.11. The number of benzene rings is 1. The minimum Gasteiger partial charge on any atom is -0.496 e. The monoisotopic (exact) mass is 386 g/mol. The second-order valence-electron chi connectivity index (χ2n) is 7.70. The first-order valence-corrected chi connectivity index (χ1v) is 9.99. The lowest BCUT2D eigenvalue weighted by Crippen LogP contribution is -2.40. The molecule has 0 saturated carbocycles. The predicted octanol–water partition coefficient (Wildman–Crippen LogP) is 4.83. The van der Waals surface area contributed by atoms with Crippen LogP contribution in [0.4, 0.5) is 0 Å². The maximum atomic E-state index is 11.9. The van der Waals surface area contributed by atoms with Gasteiger partial charge in [0.25, 0.3) is 0 Å². The second kappa shape index (κ2) is 7.70. The summed E-state index contributed by atoms with van der Waals surface area (Å²) >= 11 is 0. The third kappa shape index (κ3) is 3.39. The molecule has 0 saturated heterocycles. The van der Waals surface area contributed by atoms with E-state index in [0.717, 1.165) is 35.4 Å². The molecular formula is C25H26N2O2. The molecule has 0 amide bonds. The molecule has 4 nitrogen and oxygen atoms in total. The number of rotatable bonds is 4. The zero-order valence-electron chi connectivity index (χ0n) is 17.1. The van der Waals surface area contributed by atoms with Gasteiger partial charge in [-0.15, -0.1) is 0 Å². The number of aromatic nitrogens is 1. The molecule has 1 heterocycles. The van der Waals surface area contributed by atoms with Crippen molar-refractivity contribution in [1.29, 1.82) is 0 Å². The van der Waals surface area contributed by atoms with Crippen molar-refractivity contribution >= 4 is 12.3 Å². The Morgan fingerprint density at radius 1 is 1.24 bits per heavy atom. The largest absolute Gasteiger partial charge is 0.496 e. The molecule has 2 aliphatic rings. The van der Waals surface area contributed by atoms with E-state index in [1.165, 1.54) is 11.1 Å². The summed E-state index contributed by atoms with van der Waals surface area (Å²) in [5.41, 5.74) is 5.26. The van der Waals surface area contributed by atoms with E-state index in [-0.39, 0.29) is 11.5 Å². The Bertz CT molecular complexity index is 1100. The number of fused-ring (bicyclic) bond motifs is 4. The molecule has 2 aliphatic carbocycles. The SMILES string of the molecule is C/C=C1\[C@H]2C=C(C)C[C@]1(N=CC=Cc1ccccc1OC)c1ccc(=O)[nH]c1C2. The van der Waals surface area contributed by atoms with Gasteiger partial charge in [0, 0.05) is 41.4 Å². The molecule has 4 rings (SSSR count). The van der Waals surface area contributed by atoms with Crippen LogP contribution in [0.1, 0.15) is 37.1 Å². The highest BCUT2D eigenvalue weighted by atomic mass is 16.5. The maximum absolute atomic E-state index is 11.9. The van der Waals surface area contributed by atoms with Gasteiger partial charge in [-0.3, -0.25) is 9.79 Å². The number of hydrogen-bond donors (Lipinski definition) is 1. The molecular weight excluding hydrogens is 360 g/mol. The van der Waals surface area contributed by atoms with Gasteiger partial charge in [0.05, 0.1) is 7.11 Å². The zero-order valence-corrected chi connectivity index (χ0v) is 17.1. The third-order valence-electron chi connectivity index (χ3n) is 5.87. The Labute approximate surface area is 171 Å². The highest BCUT2D eigenvalue weighted by Crippen LogP contribution is 2.51. The number of aliphatic imine (C=N–C) groups is 1. The average molecular weight is 386 g/mol. The summed E-state index contributed by atoms with van der Waals surface area (Å²) < 4.78 is 5.42. The van der Waals surface area contributed by atoms with Gasteiger partial charge >= 0.3 is 0 Å². The quantitative estimate of drug-likeness (QED) is 0.604. The number of H-pyrrole nitrogens is 1. The van der Waals surface area contributed by atoms with Gasteiger partial charge < -0.3 is 9.72 Å². The highest BCUT2D eigenvalue weighted by Gasteiger charge is 2.46. The Morgan fingerprint density at radius 2 is 2.07 bits per heavy atom. The second-order valence-corrected chi connectivity index (χ2v) is 7.70. The highest BCUT2D eigenvalue weighted by molar-refractivity contribution is 5.80. The number of allylic oxidation sites excluding steroid dienone is 3. The summed E-state index contributed by atoms with van der Waals surface area (Å²) in [6.07, 6.45) is 12.0. The first-order chi connectivity index (χ1) is 14.1. The van der Waals surface area contributed by atoms with Gasteiger partial charge in [-0.25, -0.2) is 0 Å². The molecule has 0 spiro atoms. The molecule has 1 aromatic heterocycles. The fraction of sp³-hybridized carbons (Fsp3) is 0.280. The Kier molecular flexibility index (Phi) is 5.10. The molecule has 2 bridgehead atoms. The van der Waals surface area contributed by atoms with Gasteiger partial charge in [-0.2, -0.15) is 0 Å². The number of para-hydroxylation sites is 1. The van der Waals surface area contributed by atoms with E-state index in [4.69, 9.17) is 9.73 Å². The lowest BCUT2D eigenvalue weighted by molar-refractivity contribution is 0.413. The van der Waals surface area contributed by atoms with E-state index in [2.05, 4.69) is 31.0 Å². The van der Waals surface area contributed by atoms with Crippen LogP contribution in [0.5, 0.6) is 5.75 Å². The van der Waals surface area contributed by atoms with Crippen molar-refractivity contribution in [2.45, 2.75) is 32.2 Å². The molecule has 2 atom stereocenters. The van der Waals surface area contributed by atoms with E-state index in [1.54, 1.807) is 13.2 Å². The van der Waals surface area contributed by atoms with E-state index >= 15 is 0 Å². The van der Waals surface area contributed by atoms with E-state index in [1.807, 2.05) is 48.7 Å². The number of nitrogens with zero attached hydrogens (tertiary/aromatic N) is 1. The van der Waals surface area contributed by atoms with E-state index in [0.29, 0.717) is 0 Å². The van der Waals surface area contributed by atoms with Gasteiger partial charge in [-0.1, -0.05) is 35.9 Å². The molecule has 2 aromatic rings. The summed E-state index contributed by atoms with van der Waals surface area (Å²) in [6.45, 7) is 4.26. The molecule has 29 heavy (non-hydrogen) atoms. The normalized spacial score (nSPS) is 24.7. The van der Waals surface area contributed by atoms with Crippen molar-refractivity contribution in [2.24, 2.45) is 10.9 Å². The van der Waals surface area contributed by atoms with Gasteiger partial charge in [0.2, 0.25) is 5.56 Å². The number of hydrogen-bond acceptors (Lipinski definition) is 3. The Balaban J connectivity index is 1.77. The Hall–Kier alpha value is -3.14. The van der Waals surface area contributed by atoms with Crippen LogP contribution in [0.2, 0.25) is 0 Å². The number of nitrogens with one attached hydrogen (secondary N) is 1. The van der Waals surface area contributed by atoms with Crippen molar-refractivity contribution in [3.63, 3.8) is 0 Å². The average Bonchev–Trinajstić information content (AvgIpc) is 2.70. The number of pyridine rings is 1. The van der Waals surface area contributed by atoms with Crippen LogP contribution in [0.3, 0.4) is 0 Å². The van der Waals surface area contributed by atoms with Crippen LogP contribution in [-0.2, 0) is 12.0 Å². The minimum absolute atomic E-state index is 0.0540. The lowest BCUT2D eigenvalue weighted by Gasteiger charge is -2.45.